The van der Waals surface area contributed by atoms with Gasteiger partial charge in [-0.25, -0.2) is 4.57 Å². The lowest BCUT2D eigenvalue weighted by Gasteiger charge is -2.30. The van der Waals surface area contributed by atoms with Crippen LogP contribution in [0.15, 0.2) is 97.3 Å². The van der Waals surface area contributed by atoms with Crippen molar-refractivity contribution in [3.63, 3.8) is 0 Å². The highest BCUT2D eigenvalue weighted by atomic mass is 16.5. The van der Waals surface area contributed by atoms with Crippen molar-refractivity contribution in [2.24, 2.45) is 0 Å². The van der Waals surface area contributed by atoms with Crippen molar-refractivity contribution in [1.29, 1.82) is 0 Å². The number of benzene rings is 4. The van der Waals surface area contributed by atoms with Gasteiger partial charge in [0.1, 0.15) is 0 Å². The van der Waals surface area contributed by atoms with E-state index in [1.54, 1.807) is 0 Å². The number of rotatable bonds is 2. The number of aliphatic hydroxyl groups excluding tert-OH is 1. The molecule has 8 nitrogen and oxygen atoms in total. The first-order chi connectivity index (χ1) is 23.2. The predicted molar refractivity (Wildman–Crippen MR) is 191 cm³/mol. The lowest BCUT2D eigenvalue weighted by Crippen LogP contribution is -2.22. The van der Waals surface area contributed by atoms with Crippen molar-refractivity contribution < 1.29 is 9.84 Å². The summed E-state index contributed by atoms with van der Waals surface area (Å²) in [5.41, 5.74) is 10.4. The zero-order valence-corrected chi connectivity index (χ0v) is 27.0. The Kier molecular flexibility index (Phi) is 5.13. The van der Waals surface area contributed by atoms with E-state index in [4.69, 9.17) is 14.7 Å². The number of para-hydroxylation sites is 2. The lowest BCUT2D eigenvalue weighted by atomic mass is 9.75. The van der Waals surface area contributed by atoms with Crippen molar-refractivity contribution in [3.05, 3.63) is 131 Å². The predicted octanol–water partition coefficient (Wildman–Crippen LogP) is 9.10. The molecule has 2 aliphatic rings. The standard InChI is InChI=1S/C40H32N6O2/c1-39(2)26-13-7-5-11-24(26)19-20-43-35-28(39)15-9-17-30(35)44-22-32(41-37(43)44)48-33-23-45-31-18-10-16-29-36(31)46(38(45)42-33)34(47)21-25-12-6-8-14-27(25)40(29,3)4/h5-23,47H,1-4H3/b20-19?,34-21+. The second-order valence-electron chi connectivity index (χ2n) is 13.9. The topological polar surface area (TPSA) is 73.9 Å². The molecule has 8 heteroatoms. The molecular weight excluding hydrogens is 596 g/mol. The molecule has 0 fully saturated rings. The highest BCUT2D eigenvalue weighted by Crippen LogP contribution is 2.43. The number of aromatic nitrogens is 6. The number of hydrogen-bond donors (Lipinski definition) is 1. The van der Waals surface area contributed by atoms with Crippen molar-refractivity contribution >= 4 is 57.9 Å². The van der Waals surface area contributed by atoms with Gasteiger partial charge >= 0.3 is 0 Å². The molecule has 0 unspecified atom stereocenters. The first kappa shape index (κ1) is 27.1. The Morgan fingerprint density at radius 1 is 0.604 bits per heavy atom. The van der Waals surface area contributed by atoms with Gasteiger partial charge in [0.15, 0.2) is 5.88 Å². The van der Waals surface area contributed by atoms with Gasteiger partial charge in [0.2, 0.25) is 23.3 Å². The van der Waals surface area contributed by atoms with Crippen LogP contribution in [0.5, 0.6) is 11.8 Å². The van der Waals surface area contributed by atoms with E-state index in [-0.39, 0.29) is 16.7 Å². The first-order valence-electron chi connectivity index (χ1n) is 16.2. The fraction of sp³-hybridized carbons (Fsp3) is 0.150. The zero-order valence-electron chi connectivity index (χ0n) is 27.0. The minimum absolute atomic E-state index is 0.101. The largest absolute Gasteiger partial charge is 0.494 e. The van der Waals surface area contributed by atoms with Gasteiger partial charge in [-0.05, 0) is 51.6 Å². The summed E-state index contributed by atoms with van der Waals surface area (Å²) in [5.74, 6) is 2.24. The van der Waals surface area contributed by atoms with E-state index in [9.17, 15) is 5.11 Å². The fourth-order valence-electron chi connectivity index (χ4n) is 8.15. The minimum atomic E-state index is -0.314. The maximum atomic E-state index is 11.6. The Morgan fingerprint density at radius 2 is 1.15 bits per heavy atom. The van der Waals surface area contributed by atoms with Crippen molar-refractivity contribution in [2.75, 3.05) is 0 Å². The number of ether oxygens (including phenoxy) is 1. The summed E-state index contributed by atoms with van der Waals surface area (Å²) in [6, 6.07) is 29.5. The molecule has 0 bridgehead atoms. The molecule has 0 atom stereocenters. The number of hydrogen-bond acceptors (Lipinski definition) is 4. The highest BCUT2D eigenvalue weighted by Gasteiger charge is 2.33. The number of fused-ring (bicyclic) bond motifs is 8. The third-order valence-corrected chi connectivity index (χ3v) is 10.5. The molecule has 0 saturated heterocycles. The van der Waals surface area contributed by atoms with Crippen LogP contribution < -0.4 is 4.74 Å². The van der Waals surface area contributed by atoms with Crippen LogP contribution in [0.1, 0.15) is 61.1 Å². The number of imidazole rings is 4. The Bertz CT molecular complexity index is 2730. The van der Waals surface area contributed by atoms with E-state index in [2.05, 4.69) is 122 Å². The molecule has 2 aliphatic heterocycles. The molecule has 6 heterocycles. The van der Waals surface area contributed by atoms with Gasteiger partial charge in [-0.1, -0.05) is 100 Å². The summed E-state index contributed by atoms with van der Waals surface area (Å²) < 4.78 is 14.4. The molecule has 10 rings (SSSR count). The van der Waals surface area contributed by atoms with Crippen LogP contribution >= 0.6 is 0 Å². The maximum Gasteiger partial charge on any atom is 0.241 e. The Hall–Kier alpha value is -6.02. The molecule has 0 spiro atoms. The van der Waals surface area contributed by atoms with Gasteiger partial charge in [0.25, 0.3) is 0 Å². The van der Waals surface area contributed by atoms with Crippen molar-refractivity contribution in [2.45, 2.75) is 38.5 Å². The summed E-state index contributed by atoms with van der Waals surface area (Å²) in [6.07, 6.45) is 9.88. The smallest absolute Gasteiger partial charge is 0.241 e. The van der Waals surface area contributed by atoms with Crippen LogP contribution in [0, 0.1) is 0 Å². The minimum Gasteiger partial charge on any atom is -0.494 e. The van der Waals surface area contributed by atoms with E-state index in [1.807, 2.05) is 39.6 Å². The zero-order chi connectivity index (χ0) is 32.5. The van der Waals surface area contributed by atoms with E-state index in [0.29, 0.717) is 17.5 Å². The summed E-state index contributed by atoms with van der Waals surface area (Å²) >= 11 is 0. The molecule has 4 aromatic heterocycles. The van der Waals surface area contributed by atoms with Gasteiger partial charge in [-0.3, -0.25) is 13.4 Å². The molecule has 4 aromatic carbocycles. The molecule has 0 radical (unpaired) electrons. The number of nitrogens with zero attached hydrogens (tertiary/aromatic N) is 6. The van der Waals surface area contributed by atoms with E-state index < -0.39 is 0 Å². The van der Waals surface area contributed by atoms with Crippen LogP contribution in [0.2, 0.25) is 0 Å². The average molecular weight is 629 g/mol. The Balaban J connectivity index is 1.13. The molecular formula is C40H32N6O2. The van der Waals surface area contributed by atoms with Gasteiger partial charge < -0.3 is 9.84 Å². The Morgan fingerprint density at radius 3 is 1.85 bits per heavy atom. The van der Waals surface area contributed by atoms with Crippen LogP contribution in [0.25, 0.3) is 57.9 Å². The molecule has 1 N–H and O–H groups in total. The molecule has 234 valence electrons. The van der Waals surface area contributed by atoms with Gasteiger partial charge in [-0.15, -0.1) is 0 Å². The van der Waals surface area contributed by atoms with Crippen LogP contribution in [0.3, 0.4) is 0 Å². The second kappa shape index (κ2) is 9.07. The SMILES string of the molecule is CC1(C)c2ccccc2C=Cn2c3c1cccc3n1cc(Oc3cn4c5cccc6c5n(c4n3)/C(O)=C\c3ccccc3C6(C)C)nc21. The summed E-state index contributed by atoms with van der Waals surface area (Å²) in [6.45, 7) is 9.02. The van der Waals surface area contributed by atoms with E-state index in [1.165, 1.54) is 16.7 Å². The molecule has 0 saturated carbocycles. The quantitative estimate of drug-likeness (QED) is 0.207. The summed E-state index contributed by atoms with van der Waals surface area (Å²) in [5, 5.41) is 11.6. The fourth-order valence-corrected chi connectivity index (χ4v) is 8.15. The van der Waals surface area contributed by atoms with Gasteiger partial charge in [-0.2, -0.15) is 9.97 Å². The summed E-state index contributed by atoms with van der Waals surface area (Å²) in [7, 11) is 0. The summed E-state index contributed by atoms with van der Waals surface area (Å²) in [4.78, 5) is 9.88. The molecule has 0 aliphatic carbocycles. The van der Waals surface area contributed by atoms with E-state index in [0.717, 1.165) is 44.5 Å². The average Bonchev–Trinajstić information content (AvgIpc) is 3.82. The molecule has 48 heavy (non-hydrogen) atoms. The first-order valence-corrected chi connectivity index (χ1v) is 16.2. The van der Waals surface area contributed by atoms with E-state index >= 15 is 0 Å². The number of aliphatic hydroxyl groups is 1. The van der Waals surface area contributed by atoms with Crippen LogP contribution in [0.4, 0.5) is 0 Å². The van der Waals surface area contributed by atoms with Crippen LogP contribution in [-0.2, 0) is 10.8 Å². The molecule has 0 amide bonds. The highest BCUT2D eigenvalue weighted by molar-refractivity contribution is 5.93. The monoisotopic (exact) mass is 628 g/mol. The maximum absolute atomic E-state index is 11.6. The third-order valence-electron chi connectivity index (χ3n) is 10.5. The van der Waals surface area contributed by atoms with Crippen LogP contribution in [-0.4, -0.2) is 33.0 Å². The van der Waals surface area contributed by atoms with Crippen molar-refractivity contribution in [3.8, 4) is 11.8 Å². The molecule has 8 aromatic rings. The lowest BCUT2D eigenvalue weighted by molar-refractivity contribution is 0.450. The second-order valence-corrected chi connectivity index (χ2v) is 13.9. The van der Waals surface area contributed by atoms with Gasteiger partial charge in [0, 0.05) is 23.1 Å². The van der Waals surface area contributed by atoms with Crippen molar-refractivity contribution in [1.82, 2.24) is 27.9 Å². The Labute approximate surface area is 276 Å². The third kappa shape index (κ3) is 3.44. The van der Waals surface area contributed by atoms with Gasteiger partial charge in [0.05, 0.1) is 34.5 Å². The normalized spacial score (nSPS) is 17.0.